The molecule has 7 heteroatoms. The molecule has 108 valence electrons. The van der Waals surface area contributed by atoms with Gasteiger partial charge >= 0.3 is 0 Å². The third kappa shape index (κ3) is 6.49. The molecular weight excluding hydrogens is 262 g/mol. The third-order valence-corrected chi connectivity index (χ3v) is 3.25. The van der Waals surface area contributed by atoms with Crippen molar-refractivity contribution in [2.75, 3.05) is 32.0 Å². The van der Waals surface area contributed by atoms with Crippen LogP contribution in [0.3, 0.4) is 0 Å². The molecule has 19 heavy (non-hydrogen) atoms. The number of nitrogens with one attached hydrogen (secondary N) is 2. The fraction of sp³-hybridized carbons (Fsp3) is 0.750. The lowest BCUT2D eigenvalue weighted by Crippen LogP contribution is -2.35. The minimum absolute atomic E-state index is 0.0539. The Bertz CT molecular complexity index is 382. The number of rotatable bonds is 9. The van der Waals surface area contributed by atoms with E-state index in [1.54, 1.807) is 0 Å². The Balaban J connectivity index is 2.33. The minimum Gasteiger partial charge on any atom is -0.360 e. The lowest BCUT2D eigenvalue weighted by molar-refractivity contribution is -0.122. The summed E-state index contributed by atoms with van der Waals surface area (Å²) in [4.78, 5) is 13.5. The lowest BCUT2D eigenvalue weighted by atomic mass is 10.4. The summed E-state index contributed by atoms with van der Waals surface area (Å²) >= 11 is 1.54. The highest BCUT2D eigenvalue weighted by molar-refractivity contribution is 7.15. The molecule has 1 aromatic heterocycles. The van der Waals surface area contributed by atoms with Crippen molar-refractivity contribution in [3.8, 4) is 0 Å². The summed E-state index contributed by atoms with van der Waals surface area (Å²) in [5.41, 5.74) is 0. The molecule has 1 aromatic rings. The molecule has 0 radical (unpaired) electrons. The first-order valence-electron chi connectivity index (χ1n) is 6.67. The van der Waals surface area contributed by atoms with Crippen molar-refractivity contribution >= 4 is 22.4 Å². The molecule has 0 aliphatic carbocycles. The summed E-state index contributed by atoms with van der Waals surface area (Å²) in [6.07, 6.45) is 2.02. The highest BCUT2D eigenvalue weighted by atomic mass is 32.1. The number of carbonyl (C=O) groups is 1. The third-order valence-electron chi connectivity index (χ3n) is 2.38. The number of anilines is 1. The summed E-state index contributed by atoms with van der Waals surface area (Å²) < 4.78 is 0. The number of amides is 1. The van der Waals surface area contributed by atoms with Crippen LogP contribution in [0.25, 0.3) is 0 Å². The van der Waals surface area contributed by atoms with Crippen LogP contribution in [-0.2, 0) is 11.3 Å². The van der Waals surface area contributed by atoms with Gasteiger partial charge in [0.1, 0.15) is 5.01 Å². The van der Waals surface area contributed by atoms with E-state index in [1.807, 2.05) is 18.9 Å². The monoisotopic (exact) mass is 285 g/mol. The zero-order valence-electron chi connectivity index (χ0n) is 11.9. The first-order valence-corrected chi connectivity index (χ1v) is 7.48. The van der Waals surface area contributed by atoms with E-state index in [9.17, 15) is 4.79 Å². The number of carbonyl (C=O) groups excluding carboxylic acids is 1. The molecule has 0 aromatic carbocycles. The van der Waals surface area contributed by atoms with Crippen molar-refractivity contribution in [2.45, 2.75) is 33.2 Å². The van der Waals surface area contributed by atoms with Gasteiger partial charge in [-0.2, -0.15) is 0 Å². The van der Waals surface area contributed by atoms with Crippen LogP contribution >= 0.6 is 11.3 Å². The fourth-order valence-corrected chi connectivity index (χ4v) is 2.32. The van der Waals surface area contributed by atoms with E-state index in [-0.39, 0.29) is 5.91 Å². The quantitative estimate of drug-likeness (QED) is 0.716. The zero-order chi connectivity index (χ0) is 14.1. The van der Waals surface area contributed by atoms with Gasteiger partial charge in [0.05, 0.1) is 13.1 Å². The van der Waals surface area contributed by atoms with Gasteiger partial charge in [0, 0.05) is 13.1 Å². The van der Waals surface area contributed by atoms with Gasteiger partial charge in [-0.05, 0) is 19.9 Å². The maximum atomic E-state index is 11.6. The topological polar surface area (TPSA) is 70.2 Å². The molecule has 0 fully saturated rings. The first-order chi connectivity index (χ1) is 9.15. The second-order valence-corrected chi connectivity index (χ2v) is 5.51. The molecule has 0 aliphatic rings. The average molecular weight is 285 g/mol. The molecule has 0 saturated carbocycles. The van der Waals surface area contributed by atoms with Crippen molar-refractivity contribution in [2.24, 2.45) is 0 Å². The van der Waals surface area contributed by atoms with E-state index in [1.165, 1.54) is 11.3 Å². The van der Waals surface area contributed by atoms with Crippen LogP contribution in [0, 0.1) is 0 Å². The van der Waals surface area contributed by atoms with Gasteiger partial charge in [0.2, 0.25) is 11.0 Å². The summed E-state index contributed by atoms with van der Waals surface area (Å²) in [6.45, 7) is 6.82. The van der Waals surface area contributed by atoms with Crippen LogP contribution in [0.2, 0.25) is 0 Å². The highest BCUT2D eigenvalue weighted by Crippen LogP contribution is 2.16. The first kappa shape index (κ1) is 15.8. The van der Waals surface area contributed by atoms with Crippen molar-refractivity contribution in [1.82, 2.24) is 20.4 Å². The Labute approximate surface area is 118 Å². The molecule has 0 saturated heterocycles. The Hall–Kier alpha value is -1.21. The average Bonchev–Trinajstić information content (AvgIpc) is 2.81. The van der Waals surface area contributed by atoms with Gasteiger partial charge in [-0.3, -0.25) is 9.69 Å². The SMILES string of the molecule is CCCNC(=O)CN(C)Cc1nnc(NCCC)s1. The summed E-state index contributed by atoms with van der Waals surface area (Å²) in [6, 6.07) is 0. The second-order valence-electron chi connectivity index (χ2n) is 4.45. The van der Waals surface area contributed by atoms with E-state index in [0.717, 1.165) is 36.1 Å². The van der Waals surface area contributed by atoms with Gasteiger partial charge in [-0.25, -0.2) is 0 Å². The molecule has 6 nitrogen and oxygen atoms in total. The second kappa shape index (κ2) is 8.82. The Morgan fingerprint density at radius 3 is 2.68 bits per heavy atom. The van der Waals surface area contributed by atoms with E-state index < -0.39 is 0 Å². The van der Waals surface area contributed by atoms with E-state index in [2.05, 4.69) is 27.8 Å². The van der Waals surface area contributed by atoms with Crippen LogP contribution in [-0.4, -0.2) is 47.7 Å². The molecule has 1 heterocycles. The normalized spacial score (nSPS) is 10.7. The van der Waals surface area contributed by atoms with E-state index in [0.29, 0.717) is 13.1 Å². The summed E-state index contributed by atoms with van der Waals surface area (Å²) in [7, 11) is 1.91. The minimum atomic E-state index is 0.0539. The Kier molecular flexibility index (Phi) is 7.35. The predicted octanol–water partition coefficient (Wildman–Crippen LogP) is 1.32. The summed E-state index contributed by atoms with van der Waals surface area (Å²) in [5, 5.41) is 16.0. The number of aromatic nitrogens is 2. The van der Waals surface area contributed by atoms with Crippen LogP contribution in [0.1, 0.15) is 31.7 Å². The van der Waals surface area contributed by atoms with Gasteiger partial charge in [0.25, 0.3) is 0 Å². The molecule has 0 atom stereocenters. The van der Waals surface area contributed by atoms with Crippen molar-refractivity contribution in [3.05, 3.63) is 5.01 Å². The van der Waals surface area contributed by atoms with Crippen molar-refractivity contribution in [3.63, 3.8) is 0 Å². The molecule has 1 amide bonds. The van der Waals surface area contributed by atoms with Gasteiger partial charge in [-0.1, -0.05) is 25.2 Å². The van der Waals surface area contributed by atoms with Crippen LogP contribution in [0.15, 0.2) is 0 Å². The van der Waals surface area contributed by atoms with E-state index >= 15 is 0 Å². The van der Waals surface area contributed by atoms with Crippen molar-refractivity contribution < 1.29 is 4.79 Å². The molecule has 2 N–H and O–H groups in total. The molecule has 1 rings (SSSR count). The largest absolute Gasteiger partial charge is 0.360 e. The number of likely N-dealkylation sites (N-methyl/N-ethyl adjacent to an activating group) is 1. The maximum Gasteiger partial charge on any atom is 0.234 e. The maximum absolute atomic E-state index is 11.6. The molecule has 0 bridgehead atoms. The van der Waals surface area contributed by atoms with E-state index in [4.69, 9.17) is 0 Å². The number of hydrogen-bond donors (Lipinski definition) is 2. The summed E-state index contributed by atoms with van der Waals surface area (Å²) in [5.74, 6) is 0.0539. The molecule has 0 unspecified atom stereocenters. The molecule has 0 aliphatic heterocycles. The highest BCUT2D eigenvalue weighted by Gasteiger charge is 2.10. The number of nitrogens with zero attached hydrogens (tertiary/aromatic N) is 3. The Morgan fingerprint density at radius 2 is 2.00 bits per heavy atom. The fourth-order valence-electron chi connectivity index (χ4n) is 1.47. The van der Waals surface area contributed by atoms with Crippen molar-refractivity contribution in [1.29, 1.82) is 0 Å². The number of hydrogen-bond acceptors (Lipinski definition) is 6. The Morgan fingerprint density at radius 1 is 1.26 bits per heavy atom. The lowest BCUT2D eigenvalue weighted by Gasteiger charge is -2.13. The van der Waals surface area contributed by atoms with Crippen LogP contribution < -0.4 is 10.6 Å². The molecule has 0 spiro atoms. The standard InChI is InChI=1S/C12H23N5OS/c1-4-6-13-10(18)8-17(3)9-11-15-16-12(19-11)14-7-5-2/h4-9H2,1-3H3,(H,13,18)(H,14,16). The van der Waals surface area contributed by atoms with Gasteiger partial charge in [-0.15, -0.1) is 10.2 Å². The zero-order valence-corrected chi connectivity index (χ0v) is 12.7. The predicted molar refractivity (Wildman–Crippen MR) is 78.3 cm³/mol. The van der Waals surface area contributed by atoms with Gasteiger partial charge in [0.15, 0.2) is 0 Å². The van der Waals surface area contributed by atoms with Crippen LogP contribution in [0.4, 0.5) is 5.13 Å². The smallest absolute Gasteiger partial charge is 0.234 e. The van der Waals surface area contributed by atoms with Crippen LogP contribution in [0.5, 0.6) is 0 Å². The van der Waals surface area contributed by atoms with Gasteiger partial charge < -0.3 is 10.6 Å². The molecular formula is C12H23N5OS.